The summed E-state index contributed by atoms with van der Waals surface area (Å²) in [5, 5.41) is 0. The highest BCUT2D eigenvalue weighted by Crippen LogP contribution is 2.36. The molecule has 3 fully saturated rings. The van der Waals surface area contributed by atoms with Crippen LogP contribution in [0.3, 0.4) is 0 Å². The molecular weight excluding hydrogens is 391 g/mol. The van der Waals surface area contributed by atoms with Crippen LogP contribution in [0.4, 0.5) is 10.2 Å². The van der Waals surface area contributed by atoms with Gasteiger partial charge < -0.3 is 9.80 Å². The average Bonchev–Trinajstić information content (AvgIpc) is 3.29. The second-order valence-electron chi connectivity index (χ2n) is 9.89. The van der Waals surface area contributed by atoms with Crippen molar-refractivity contribution < 1.29 is 9.18 Å². The number of halogens is 1. The van der Waals surface area contributed by atoms with Crippen LogP contribution >= 0.6 is 0 Å². The number of anilines is 1. The van der Waals surface area contributed by atoms with Crippen LogP contribution in [0, 0.1) is 17.8 Å². The lowest BCUT2D eigenvalue weighted by atomic mass is 9.80. The van der Waals surface area contributed by atoms with Crippen molar-refractivity contribution in [1.29, 1.82) is 0 Å². The van der Waals surface area contributed by atoms with Crippen LogP contribution in [-0.4, -0.2) is 45.9 Å². The number of nitrogens with zero attached hydrogens (tertiary/aromatic N) is 4. The summed E-state index contributed by atoms with van der Waals surface area (Å²) in [7, 11) is 0. The van der Waals surface area contributed by atoms with Gasteiger partial charge in [-0.25, -0.2) is 9.97 Å². The molecule has 2 aliphatic heterocycles. The molecule has 0 N–H and O–H groups in total. The molecule has 1 aromatic heterocycles. The second kappa shape index (κ2) is 10.7. The molecule has 172 valence electrons. The first kappa shape index (κ1) is 22.5. The molecule has 3 aliphatic rings. The molecule has 3 heterocycles. The minimum atomic E-state index is -0.496. The second-order valence-corrected chi connectivity index (χ2v) is 9.89. The molecular formula is C25H39FN4O. The van der Waals surface area contributed by atoms with Crippen molar-refractivity contribution in [3.05, 3.63) is 18.3 Å². The van der Waals surface area contributed by atoms with Gasteiger partial charge in [-0.1, -0.05) is 45.4 Å². The van der Waals surface area contributed by atoms with Crippen molar-refractivity contribution in [3.63, 3.8) is 0 Å². The highest BCUT2D eigenvalue weighted by atomic mass is 19.1. The van der Waals surface area contributed by atoms with E-state index < -0.39 is 5.95 Å². The van der Waals surface area contributed by atoms with E-state index in [-0.39, 0.29) is 18.0 Å². The van der Waals surface area contributed by atoms with Crippen molar-refractivity contribution in [2.75, 3.05) is 18.0 Å². The summed E-state index contributed by atoms with van der Waals surface area (Å²) in [5.41, 5.74) is 0. The Morgan fingerprint density at radius 1 is 1.00 bits per heavy atom. The molecule has 0 bridgehead atoms. The SMILES string of the molecule is CCCC(CC1CCCCC1)C(=O)N1CCCCC1C1CCCN1c1nccnc1F. The van der Waals surface area contributed by atoms with Gasteiger partial charge in [-0.3, -0.25) is 4.79 Å². The number of likely N-dealkylation sites (tertiary alicyclic amines) is 1. The summed E-state index contributed by atoms with van der Waals surface area (Å²) >= 11 is 0. The van der Waals surface area contributed by atoms with Crippen molar-refractivity contribution in [1.82, 2.24) is 14.9 Å². The first-order chi connectivity index (χ1) is 15.2. The molecule has 31 heavy (non-hydrogen) atoms. The maximum Gasteiger partial charge on any atom is 0.255 e. The molecule has 1 saturated carbocycles. The number of hydrogen-bond donors (Lipinski definition) is 0. The zero-order valence-corrected chi connectivity index (χ0v) is 19.1. The van der Waals surface area contributed by atoms with Crippen LogP contribution in [0.2, 0.25) is 0 Å². The minimum absolute atomic E-state index is 0.146. The van der Waals surface area contributed by atoms with Crippen molar-refractivity contribution in [2.24, 2.45) is 11.8 Å². The topological polar surface area (TPSA) is 49.3 Å². The maximum atomic E-state index is 14.4. The van der Waals surface area contributed by atoms with E-state index in [1.165, 1.54) is 38.3 Å². The Morgan fingerprint density at radius 3 is 2.52 bits per heavy atom. The zero-order chi connectivity index (χ0) is 21.6. The van der Waals surface area contributed by atoms with E-state index in [4.69, 9.17) is 0 Å². The summed E-state index contributed by atoms with van der Waals surface area (Å²) in [6.45, 7) is 3.84. The minimum Gasteiger partial charge on any atom is -0.348 e. The zero-order valence-electron chi connectivity index (χ0n) is 19.1. The molecule has 0 radical (unpaired) electrons. The molecule has 0 aromatic carbocycles. The maximum absolute atomic E-state index is 14.4. The molecule has 5 nitrogen and oxygen atoms in total. The predicted octanol–water partition coefficient (Wildman–Crippen LogP) is 5.35. The van der Waals surface area contributed by atoms with E-state index in [1.54, 1.807) is 6.20 Å². The van der Waals surface area contributed by atoms with Gasteiger partial charge in [-0.15, -0.1) is 0 Å². The van der Waals surface area contributed by atoms with Crippen LogP contribution < -0.4 is 4.90 Å². The molecule has 6 heteroatoms. The van der Waals surface area contributed by atoms with Crippen LogP contribution in [-0.2, 0) is 4.79 Å². The van der Waals surface area contributed by atoms with Gasteiger partial charge in [-0.2, -0.15) is 4.39 Å². The Balaban J connectivity index is 1.51. The summed E-state index contributed by atoms with van der Waals surface area (Å²) in [6.07, 6.45) is 17.9. The predicted molar refractivity (Wildman–Crippen MR) is 121 cm³/mol. The van der Waals surface area contributed by atoms with Crippen LogP contribution in [0.25, 0.3) is 0 Å². The third-order valence-corrected chi connectivity index (χ3v) is 7.81. The molecule has 1 aliphatic carbocycles. The van der Waals surface area contributed by atoms with Crippen LogP contribution in [0.15, 0.2) is 12.4 Å². The monoisotopic (exact) mass is 430 g/mol. The quantitative estimate of drug-likeness (QED) is 0.585. The number of aromatic nitrogens is 2. The highest BCUT2D eigenvalue weighted by molar-refractivity contribution is 5.79. The molecule has 0 spiro atoms. The Kier molecular flexibility index (Phi) is 7.78. The van der Waals surface area contributed by atoms with Crippen molar-refractivity contribution in [3.8, 4) is 0 Å². The molecule has 4 rings (SSSR count). The van der Waals surface area contributed by atoms with Gasteiger partial charge >= 0.3 is 0 Å². The molecule has 2 saturated heterocycles. The number of piperidine rings is 1. The van der Waals surface area contributed by atoms with Gasteiger partial charge in [0, 0.05) is 31.4 Å². The number of carbonyl (C=O) groups is 1. The lowest BCUT2D eigenvalue weighted by molar-refractivity contribution is -0.140. The molecule has 3 unspecified atom stereocenters. The Hall–Kier alpha value is -1.72. The largest absolute Gasteiger partial charge is 0.348 e. The molecule has 1 aromatic rings. The standard InChI is InChI=1S/C25H39FN4O/c1-2-9-20(18-19-10-4-3-5-11-19)25(31)30-16-7-6-12-22(30)21-13-8-17-29(21)24-23(26)27-14-15-28-24/h14-15,19-22H,2-13,16-18H2,1H3. The smallest absolute Gasteiger partial charge is 0.255 e. The van der Waals surface area contributed by atoms with Crippen LogP contribution in [0.1, 0.15) is 90.4 Å². The van der Waals surface area contributed by atoms with E-state index >= 15 is 0 Å². The van der Waals surface area contributed by atoms with Crippen molar-refractivity contribution in [2.45, 2.75) is 102 Å². The van der Waals surface area contributed by atoms with Gasteiger partial charge in [0.2, 0.25) is 5.91 Å². The van der Waals surface area contributed by atoms with E-state index in [2.05, 4.69) is 26.7 Å². The Bertz CT molecular complexity index is 723. The van der Waals surface area contributed by atoms with E-state index in [1.807, 2.05) is 0 Å². The lowest BCUT2D eigenvalue weighted by Gasteiger charge is -2.44. The number of rotatable bonds is 7. The highest BCUT2D eigenvalue weighted by Gasteiger charge is 2.41. The summed E-state index contributed by atoms with van der Waals surface area (Å²) in [6, 6.07) is 0.309. The third kappa shape index (κ3) is 5.20. The summed E-state index contributed by atoms with van der Waals surface area (Å²) in [5.74, 6) is 1.09. The third-order valence-electron chi connectivity index (χ3n) is 7.81. The Labute approximate surface area is 186 Å². The number of amides is 1. The van der Waals surface area contributed by atoms with E-state index in [0.29, 0.717) is 17.6 Å². The lowest BCUT2D eigenvalue weighted by Crippen LogP contribution is -2.55. The first-order valence-electron chi connectivity index (χ1n) is 12.7. The Morgan fingerprint density at radius 2 is 1.74 bits per heavy atom. The van der Waals surface area contributed by atoms with Crippen LogP contribution in [0.5, 0.6) is 0 Å². The van der Waals surface area contributed by atoms with Gasteiger partial charge in [0.25, 0.3) is 5.95 Å². The molecule has 3 atom stereocenters. The fraction of sp³-hybridized carbons (Fsp3) is 0.800. The summed E-state index contributed by atoms with van der Waals surface area (Å²) in [4.78, 5) is 26.3. The average molecular weight is 431 g/mol. The van der Waals surface area contributed by atoms with Gasteiger partial charge in [-0.05, 0) is 50.9 Å². The molecule has 1 amide bonds. The van der Waals surface area contributed by atoms with Gasteiger partial charge in [0.15, 0.2) is 5.82 Å². The number of carbonyl (C=O) groups excluding carboxylic acids is 1. The summed E-state index contributed by atoms with van der Waals surface area (Å²) < 4.78 is 14.4. The number of hydrogen-bond acceptors (Lipinski definition) is 4. The van der Waals surface area contributed by atoms with E-state index in [0.717, 1.165) is 64.5 Å². The first-order valence-corrected chi connectivity index (χ1v) is 12.7. The van der Waals surface area contributed by atoms with Gasteiger partial charge in [0.1, 0.15) is 0 Å². The van der Waals surface area contributed by atoms with Crippen molar-refractivity contribution >= 4 is 11.7 Å². The normalized spacial score (nSPS) is 26.3. The fourth-order valence-electron chi connectivity index (χ4n) is 6.34. The van der Waals surface area contributed by atoms with E-state index in [9.17, 15) is 9.18 Å². The van der Waals surface area contributed by atoms with Gasteiger partial charge in [0.05, 0.1) is 12.1 Å². The fourth-order valence-corrected chi connectivity index (χ4v) is 6.34.